The highest BCUT2D eigenvalue weighted by atomic mass is 35.5. The Hall–Kier alpha value is -2.61. The number of benzene rings is 1. The van der Waals surface area contributed by atoms with Crippen LogP contribution in [0.1, 0.15) is 6.92 Å². The van der Waals surface area contributed by atoms with E-state index >= 15 is 0 Å². The van der Waals surface area contributed by atoms with Gasteiger partial charge in [-0.05, 0) is 49.4 Å². The molecular formula is C20H15Cl2N3O3S. The Labute approximate surface area is 180 Å². The molecule has 29 heavy (non-hydrogen) atoms. The van der Waals surface area contributed by atoms with Gasteiger partial charge >= 0.3 is 0 Å². The number of amides is 1. The molecule has 0 fully saturated rings. The summed E-state index contributed by atoms with van der Waals surface area (Å²) in [6, 6.07) is 12.1. The van der Waals surface area contributed by atoms with Crippen LogP contribution in [0.15, 0.2) is 69.0 Å². The van der Waals surface area contributed by atoms with Crippen molar-refractivity contribution in [2.75, 3.05) is 5.32 Å². The van der Waals surface area contributed by atoms with E-state index in [9.17, 15) is 4.79 Å². The summed E-state index contributed by atoms with van der Waals surface area (Å²) in [7, 11) is 0. The lowest BCUT2D eigenvalue weighted by Gasteiger charge is -2.11. The fourth-order valence-corrected chi connectivity index (χ4v) is 3.91. The molecular weight excluding hydrogens is 433 g/mol. The maximum absolute atomic E-state index is 12.6. The second-order valence-electron chi connectivity index (χ2n) is 6.09. The Bertz CT molecular complexity index is 1070. The number of hydrogen-bond donors (Lipinski definition) is 2. The molecule has 0 saturated heterocycles. The number of rotatable bonds is 6. The number of carbonyl (C=O) groups is 1. The van der Waals surface area contributed by atoms with E-state index in [1.165, 1.54) is 11.8 Å². The van der Waals surface area contributed by atoms with Gasteiger partial charge in [0.25, 0.3) is 0 Å². The van der Waals surface area contributed by atoms with E-state index in [-0.39, 0.29) is 5.91 Å². The third kappa shape index (κ3) is 4.37. The molecule has 0 spiro atoms. The standard InChI is InChI=1S/C20H15Cl2N3O3S/c1-11(19(26)23-14-7-6-12(21)10-13(14)22)29-20-24-17(15-4-2-8-27-15)18(25-20)16-5-3-9-28-16/h2-11H,1H3,(H,23,26)(H,24,25). The van der Waals surface area contributed by atoms with Gasteiger partial charge in [0, 0.05) is 5.02 Å². The average Bonchev–Trinajstić information content (AvgIpc) is 3.44. The number of H-pyrrole nitrogens is 1. The highest BCUT2D eigenvalue weighted by molar-refractivity contribution is 8.00. The fraction of sp³-hybridized carbons (Fsp3) is 0.100. The molecule has 9 heteroatoms. The van der Waals surface area contributed by atoms with Crippen molar-refractivity contribution < 1.29 is 13.6 Å². The van der Waals surface area contributed by atoms with E-state index in [1.807, 2.05) is 12.1 Å². The van der Waals surface area contributed by atoms with Crippen molar-refractivity contribution in [1.82, 2.24) is 9.97 Å². The molecule has 0 radical (unpaired) electrons. The molecule has 0 bridgehead atoms. The van der Waals surface area contributed by atoms with Gasteiger partial charge in [0.05, 0.1) is 28.5 Å². The molecule has 0 aliphatic rings. The minimum Gasteiger partial charge on any atom is -0.463 e. The fourth-order valence-electron chi connectivity index (χ4n) is 2.64. The van der Waals surface area contributed by atoms with Crippen LogP contribution in [0, 0.1) is 0 Å². The summed E-state index contributed by atoms with van der Waals surface area (Å²) in [4.78, 5) is 20.4. The molecule has 2 N–H and O–H groups in total. The largest absolute Gasteiger partial charge is 0.463 e. The summed E-state index contributed by atoms with van der Waals surface area (Å²) in [5.74, 6) is 1.01. The van der Waals surface area contributed by atoms with Crippen molar-refractivity contribution in [3.05, 3.63) is 65.0 Å². The third-order valence-electron chi connectivity index (χ3n) is 4.05. The third-order valence-corrected chi connectivity index (χ3v) is 5.58. The van der Waals surface area contributed by atoms with Crippen molar-refractivity contribution >= 4 is 46.6 Å². The molecule has 1 unspecified atom stereocenters. The molecule has 0 aliphatic carbocycles. The summed E-state index contributed by atoms with van der Waals surface area (Å²) in [5.41, 5.74) is 1.79. The van der Waals surface area contributed by atoms with E-state index in [1.54, 1.807) is 49.8 Å². The van der Waals surface area contributed by atoms with Crippen LogP contribution >= 0.6 is 35.0 Å². The van der Waals surface area contributed by atoms with Gasteiger partial charge in [-0.25, -0.2) is 4.98 Å². The Morgan fingerprint density at radius 3 is 2.52 bits per heavy atom. The first-order valence-corrected chi connectivity index (χ1v) is 10.2. The summed E-state index contributed by atoms with van der Waals surface area (Å²) in [6.07, 6.45) is 3.16. The molecule has 4 rings (SSSR count). The average molecular weight is 448 g/mol. The molecule has 6 nitrogen and oxygen atoms in total. The number of nitrogens with zero attached hydrogens (tertiary/aromatic N) is 1. The van der Waals surface area contributed by atoms with Crippen LogP contribution in [0.2, 0.25) is 10.0 Å². The summed E-state index contributed by atoms with van der Waals surface area (Å²) in [6.45, 7) is 1.78. The number of furan rings is 2. The van der Waals surface area contributed by atoms with Gasteiger partial charge in [-0.3, -0.25) is 4.79 Å². The maximum Gasteiger partial charge on any atom is 0.237 e. The van der Waals surface area contributed by atoms with E-state index in [0.29, 0.717) is 43.8 Å². The van der Waals surface area contributed by atoms with E-state index in [4.69, 9.17) is 32.0 Å². The molecule has 1 atom stereocenters. The monoisotopic (exact) mass is 447 g/mol. The van der Waals surface area contributed by atoms with Gasteiger partial charge in [0.15, 0.2) is 16.7 Å². The van der Waals surface area contributed by atoms with E-state index in [0.717, 1.165) is 0 Å². The predicted molar refractivity (Wildman–Crippen MR) is 114 cm³/mol. The molecule has 0 aliphatic heterocycles. The summed E-state index contributed by atoms with van der Waals surface area (Å²) >= 11 is 13.3. The molecule has 1 aromatic carbocycles. The zero-order valence-electron chi connectivity index (χ0n) is 15.1. The highest BCUT2D eigenvalue weighted by Crippen LogP contribution is 2.34. The number of halogens is 2. The van der Waals surface area contributed by atoms with Gasteiger partial charge in [-0.1, -0.05) is 35.0 Å². The minimum atomic E-state index is -0.443. The van der Waals surface area contributed by atoms with Crippen LogP contribution in [-0.4, -0.2) is 21.1 Å². The van der Waals surface area contributed by atoms with Crippen molar-refractivity contribution in [2.24, 2.45) is 0 Å². The molecule has 148 valence electrons. The Morgan fingerprint density at radius 1 is 1.14 bits per heavy atom. The first kappa shape index (κ1) is 19.7. The first-order valence-electron chi connectivity index (χ1n) is 8.61. The predicted octanol–water partition coefficient (Wildman–Crippen LogP) is 6.36. The lowest BCUT2D eigenvalue weighted by molar-refractivity contribution is -0.115. The van der Waals surface area contributed by atoms with Gasteiger partial charge in [-0.2, -0.15) is 0 Å². The van der Waals surface area contributed by atoms with Crippen LogP contribution in [-0.2, 0) is 4.79 Å². The van der Waals surface area contributed by atoms with Crippen LogP contribution in [0.25, 0.3) is 22.9 Å². The SMILES string of the molecule is CC(Sc1nc(-c2ccco2)c(-c2ccco2)[nH]1)C(=O)Nc1ccc(Cl)cc1Cl. The molecule has 0 saturated carbocycles. The van der Waals surface area contributed by atoms with Gasteiger partial charge in [0.1, 0.15) is 11.4 Å². The van der Waals surface area contributed by atoms with Crippen molar-refractivity contribution in [1.29, 1.82) is 0 Å². The molecule has 1 amide bonds. The number of nitrogens with one attached hydrogen (secondary N) is 2. The van der Waals surface area contributed by atoms with Crippen LogP contribution in [0.4, 0.5) is 5.69 Å². The first-order chi connectivity index (χ1) is 14.0. The van der Waals surface area contributed by atoms with Crippen LogP contribution < -0.4 is 5.32 Å². The van der Waals surface area contributed by atoms with Crippen molar-refractivity contribution in [3.63, 3.8) is 0 Å². The summed E-state index contributed by atoms with van der Waals surface area (Å²) < 4.78 is 11.0. The zero-order valence-corrected chi connectivity index (χ0v) is 17.4. The number of hydrogen-bond acceptors (Lipinski definition) is 5. The van der Waals surface area contributed by atoms with E-state index < -0.39 is 5.25 Å². The highest BCUT2D eigenvalue weighted by Gasteiger charge is 2.22. The Kier molecular flexibility index (Phi) is 5.71. The van der Waals surface area contributed by atoms with Crippen molar-refractivity contribution in [3.8, 4) is 22.9 Å². The van der Waals surface area contributed by atoms with Gasteiger partial charge < -0.3 is 19.1 Å². The van der Waals surface area contributed by atoms with Crippen LogP contribution in [0.5, 0.6) is 0 Å². The smallest absolute Gasteiger partial charge is 0.237 e. The number of anilines is 1. The zero-order chi connectivity index (χ0) is 20.4. The van der Waals surface area contributed by atoms with Crippen molar-refractivity contribution in [2.45, 2.75) is 17.3 Å². The van der Waals surface area contributed by atoms with E-state index in [2.05, 4.69) is 15.3 Å². The van der Waals surface area contributed by atoms with Crippen LogP contribution in [0.3, 0.4) is 0 Å². The number of carbonyl (C=O) groups excluding carboxylic acids is 1. The Balaban J connectivity index is 1.54. The second-order valence-corrected chi connectivity index (χ2v) is 8.27. The lowest BCUT2D eigenvalue weighted by atomic mass is 10.2. The number of aromatic nitrogens is 2. The number of aromatic amines is 1. The van der Waals surface area contributed by atoms with Gasteiger partial charge in [0.2, 0.25) is 5.91 Å². The summed E-state index contributed by atoms with van der Waals surface area (Å²) in [5, 5.41) is 3.80. The minimum absolute atomic E-state index is 0.213. The lowest BCUT2D eigenvalue weighted by Crippen LogP contribution is -2.22. The maximum atomic E-state index is 12.6. The number of thioether (sulfide) groups is 1. The second kappa shape index (κ2) is 8.41. The molecule has 4 aromatic rings. The van der Waals surface area contributed by atoms with Gasteiger partial charge in [-0.15, -0.1) is 0 Å². The Morgan fingerprint density at radius 2 is 1.86 bits per heavy atom. The quantitative estimate of drug-likeness (QED) is 0.336. The molecule has 3 heterocycles. The normalized spacial score (nSPS) is 12.1. The number of imidazole rings is 1. The topological polar surface area (TPSA) is 84.1 Å². The molecule has 3 aromatic heterocycles.